The number of hydrogen-bond donors (Lipinski definition) is 2. The van der Waals surface area contributed by atoms with Crippen LogP contribution in [0.15, 0.2) is 18.2 Å². The van der Waals surface area contributed by atoms with Gasteiger partial charge in [-0.3, -0.25) is 5.41 Å². The highest BCUT2D eigenvalue weighted by molar-refractivity contribution is 14.0. The number of thioether (sulfide) groups is 1. The maximum Gasteiger partial charge on any atom is 0.157 e. The zero-order valence-electron chi connectivity index (χ0n) is 7.93. The van der Waals surface area contributed by atoms with Gasteiger partial charge in [0.05, 0.1) is 0 Å². The van der Waals surface area contributed by atoms with E-state index in [-0.39, 0.29) is 24.0 Å². The molecule has 2 nitrogen and oxygen atoms in total. The van der Waals surface area contributed by atoms with Gasteiger partial charge in [0, 0.05) is 10.7 Å². The summed E-state index contributed by atoms with van der Waals surface area (Å²) in [6, 6.07) is 5.66. The molecule has 0 saturated heterocycles. The van der Waals surface area contributed by atoms with Crippen LogP contribution < -0.4 is 5.32 Å². The molecule has 0 aliphatic carbocycles. The summed E-state index contributed by atoms with van der Waals surface area (Å²) in [7, 11) is 0. The van der Waals surface area contributed by atoms with Crippen molar-refractivity contribution in [1.82, 2.24) is 0 Å². The van der Waals surface area contributed by atoms with Crippen LogP contribution in [-0.2, 0) is 0 Å². The monoisotopic (exact) mass is 342 g/mol. The number of halogens is 2. The topological polar surface area (TPSA) is 35.9 Å². The third-order valence-corrected chi connectivity index (χ3v) is 2.55. The van der Waals surface area contributed by atoms with Crippen molar-refractivity contribution in [3.05, 3.63) is 28.8 Å². The van der Waals surface area contributed by atoms with Crippen molar-refractivity contribution >= 4 is 58.2 Å². The molecule has 0 aliphatic rings. The minimum Gasteiger partial charge on any atom is -0.335 e. The number of rotatable bonds is 1. The number of anilines is 1. The minimum absolute atomic E-state index is 0. The summed E-state index contributed by atoms with van der Waals surface area (Å²) in [5, 5.41) is 11.5. The average molecular weight is 343 g/mol. The number of nitrogens with one attached hydrogen (secondary N) is 2. The molecule has 0 amide bonds. The Kier molecular flexibility index (Phi) is 6.55. The van der Waals surface area contributed by atoms with Gasteiger partial charge in [0.25, 0.3) is 0 Å². The normalized spacial score (nSPS) is 9.07. The Labute approximate surface area is 110 Å². The van der Waals surface area contributed by atoms with Gasteiger partial charge in [0.15, 0.2) is 5.17 Å². The van der Waals surface area contributed by atoms with E-state index in [4.69, 9.17) is 17.0 Å². The van der Waals surface area contributed by atoms with Gasteiger partial charge < -0.3 is 5.32 Å². The molecule has 0 saturated carbocycles. The zero-order valence-corrected chi connectivity index (χ0v) is 11.8. The van der Waals surface area contributed by atoms with E-state index >= 15 is 0 Å². The SMILES string of the molecule is CSC(=N)Nc1ccc(C)c(Cl)c1.I. The summed E-state index contributed by atoms with van der Waals surface area (Å²) in [6.07, 6.45) is 1.85. The largest absolute Gasteiger partial charge is 0.335 e. The lowest BCUT2D eigenvalue weighted by Gasteiger charge is -2.06. The van der Waals surface area contributed by atoms with Crippen LogP contribution in [0.25, 0.3) is 0 Å². The quantitative estimate of drug-likeness (QED) is 0.460. The van der Waals surface area contributed by atoms with Crippen molar-refractivity contribution in [2.45, 2.75) is 6.92 Å². The molecular weight excluding hydrogens is 331 g/mol. The summed E-state index contributed by atoms with van der Waals surface area (Å²) in [6.45, 7) is 1.95. The average Bonchev–Trinajstić information content (AvgIpc) is 2.11. The Hall–Kier alpha value is 0.0600. The molecule has 1 aromatic rings. The van der Waals surface area contributed by atoms with Crippen molar-refractivity contribution in [3.8, 4) is 0 Å². The molecule has 0 spiro atoms. The van der Waals surface area contributed by atoms with E-state index in [2.05, 4.69) is 5.32 Å². The Bertz CT molecular complexity index is 331. The van der Waals surface area contributed by atoms with E-state index in [1.54, 1.807) is 0 Å². The molecule has 0 aliphatic heterocycles. The van der Waals surface area contributed by atoms with Gasteiger partial charge in [-0.1, -0.05) is 29.4 Å². The first-order valence-electron chi connectivity index (χ1n) is 3.79. The van der Waals surface area contributed by atoms with Crippen LogP contribution in [-0.4, -0.2) is 11.4 Å². The predicted molar refractivity (Wildman–Crippen MR) is 76.5 cm³/mol. The minimum atomic E-state index is 0. The second-order valence-corrected chi connectivity index (χ2v) is 3.85. The first-order chi connectivity index (χ1) is 6.13. The van der Waals surface area contributed by atoms with Gasteiger partial charge in [-0.2, -0.15) is 0 Å². The summed E-state index contributed by atoms with van der Waals surface area (Å²) >= 11 is 7.28. The van der Waals surface area contributed by atoms with Crippen molar-refractivity contribution in [2.75, 3.05) is 11.6 Å². The molecule has 2 N–H and O–H groups in total. The molecule has 0 heterocycles. The van der Waals surface area contributed by atoms with Crippen molar-refractivity contribution in [2.24, 2.45) is 0 Å². The molecule has 0 unspecified atom stereocenters. The molecule has 0 aromatic heterocycles. The summed E-state index contributed by atoms with van der Waals surface area (Å²) < 4.78 is 0. The molecule has 0 bridgehead atoms. The number of hydrogen-bond acceptors (Lipinski definition) is 2. The Morgan fingerprint density at radius 3 is 2.64 bits per heavy atom. The predicted octanol–water partition coefficient (Wildman–Crippen LogP) is 3.98. The van der Waals surface area contributed by atoms with Crippen molar-refractivity contribution in [1.29, 1.82) is 5.41 Å². The third kappa shape index (κ3) is 4.06. The van der Waals surface area contributed by atoms with Crippen LogP contribution in [0.5, 0.6) is 0 Å². The van der Waals surface area contributed by atoms with Crippen LogP contribution in [0, 0.1) is 12.3 Å². The van der Waals surface area contributed by atoms with Crippen molar-refractivity contribution < 1.29 is 0 Å². The van der Waals surface area contributed by atoms with E-state index in [9.17, 15) is 0 Å². The van der Waals surface area contributed by atoms with Gasteiger partial charge >= 0.3 is 0 Å². The summed E-state index contributed by atoms with van der Waals surface area (Å²) in [5.74, 6) is 0. The second kappa shape index (κ2) is 6.53. The second-order valence-electron chi connectivity index (χ2n) is 2.62. The van der Waals surface area contributed by atoms with Crippen LogP contribution in [0.3, 0.4) is 0 Å². The fraction of sp³-hybridized carbons (Fsp3) is 0.222. The Morgan fingerprint density at radius 2 is 2.14 bits per heavy atom. The molecule has 0 fully saturated rings. The summed E-state index contributed by atoms with van der Waals surface area (Å²) in [4.78, 5) is 0. The molecule has 0 atom stereocenters. The van der Waals surface area contributed by atoms with Gasteiger partial charge in [-0.05, 0) is 30.9 Å². The van der Waals surface area contributed by atoms with E-state index in [0.29, 0.717) is 5.17 Å². The molecule has 78 valence electrons. The van der Waals surface area contributed by atoms with Crippen LogP contribution >= 0.6 is 47.3 Å². The fourth-order valence-corrected chi connectivity index (χ4v) is 1.25. The van der Waals surface area contributed by atoms with Crippen molar-refractivity contribution in [3.63, 3.8) is 0 Å². The highest BCUT2D eigenvalue weighted by Gasteiger charge is 1.98. The lowest BCUT2D eigenvalue weighted by atomic mass is 10.2. The van der Waals surface area contributed by atoms with E-state index in [1.807, 2.05) is 31.4 Å². The van der Waals surface area contributed by atoms with Gasteiger partial charge in [0.1, 0.15) is 0 Å². The Morgan fingerprint density at radius 1 is 1.50 bits per heavy atom. The number of benzene rings is 1. The lowest BCUT2D eigenvalue weighted by Crippen LogP contribution is -2.04. The molecule has 5 heteroatoms. The molecule has 1 aromatic carbocycles. The Balaban J connectivity index is 0.00000169. The van der Waals surface area contributed by atoms with Gasteiger partial charge in [-0.25, -0.2) is 0 Å². The van der Waals surface area contributed by atoms with E-state index in [1.165, 1.54) is 11.8 Å². The van der Waals surface area contributed by atoms with E-state index in [0.717, 1.165) is 16.3 Å². The first-order valence-corrected chi connectivity index (χ1v) is 5.39. The smallest absolute Gasteiger partial charge is 0.157 e. The van der Waals surface area contributed by atoms with Crippen LogP contribution in [0.4, 0.5) is 5.69 Å². The first kappa shape index (κ1) is 14.1. The van der Waals surface area contributed by atoms with Crippen LogP contribution in [0.2, 0.25) is 5.02 Å². The zero-order chi connectivity index (χ0) is 9.84. The van der Waals surface area contributed by atoms with Gasteiger partial charge in [0.2, 0.25) is 0 Å². The maximum atomic E-state index is 7.41. The molecule has 0 radical (unpaired) electrons. The van der Waals surface area contributed by atoms with Crippen LogP contribution in [0.1, 0.15) is 5.56 Å². The summed E-state index contributed by atoms with van der Waals surface area (Å²) in [5.41, 5.74) is 1.90. The number of aryl methyl sites for hydroxylation is 1. The molecule has 1 rings (SSSR count). The lowest BCUT2D eigenvalue weighted by molar-refractivity contribution is 1.46. The number of amidine groups is 1. The third-order valence-electron chi connectivity index (χ3n) is 1.63. The maximum absolute atomic E-state index is 7.41. The van der Waals surface area contributed by atoms with E-state index < -0.39 is 0 Å². The standard InChI is InChI=1S/C9H11ClN2S.HI/c1-6-3-4-7(5-8(6)10)12-9(11)13-2;/h3-5H,1-2H3,(H2,11,12);1H. The van der Waals surface area contributed by atoms with Gasteiger partial charge in [-0.15, -0.1) is 24.0 Å². The fourth-order valence-electron chi connectivity index (χ4n) is 0.853. The highest BCUT2D eigenvalue weighted by Crippen LogP contribution is 2.20. The highest BCUT2D eigenvalue weighted by atomic mass is 127. The molecule has 14 heavy (non-hydrogen) atoms. The molecular formula is C9H12ClIN2S.